The average molecular weight is 370 g/mol. The van der Waals surface area contributed by atoms with Gasteiger partial charge in [0.15, 0.2) is 9.84 Å². The van der Waals surface area contributed by atoms with E-state index in [1.807, 2.05) is 0 Å². The predicted molar refractivity (Wildman–Crippen MR) is 69.6 cm³/mol. The summed E-state index contributed by atoms with van der Waals surface area (Å²) >= 11 is 6.41. The molecule has 1 atom stereocenters. The summed E-state index contributed by atoms with van der Waals surface area (Å²) < 4.78 is 22.6. The van der Waals surface area contributed by atoms with E-state index < -0.39 is 14.2 Å². The fourth-order valence-corrected chi connectivity index (χ4v) is 3.30. The molecule has 0 aliphatic heterocycles. The molecular weight excluding hydrogens is 360 g/mol. The quantitative estimate of drug-likeness (QED) is 0.608. The Kier molecular flexibility index (Phi) is 3.97. The van der Waals surface area contributed by atoms with Crippen molar-refractivity contribution >= 4 is 48.0 Å². The molecule has 3 nitrogen and oxygen atoms in total. The van der Waals surface area contributed by atoms with Crippen LogP contribution in [0.1, 0.15) is 12.5 Å². The van der Waals surface area contributed by atoms with Crippen molar-refractivity contribution in [3.05, 3.63) is 28.2 Å². The monoisotopic (exact) mass is 368 g/mol. The van der Waals surface area contributed by atoms with E-state index in [0.29, 0.717) is 10.0 Å². The first-order chi connectivity index (χ1) is 7.18. The largest absolute Gasteiger partial charge is 0.301 e. The number of aldehydes is 1. The van der Waals surface area contributed by atoms with Crippen LogP contribution in [-0.4, -0.2) is 21.0 Å². The second-order valence-corrected chi connectivity index (χ2v) is 8.10. The molecule has 0 heterocycles. The molecule has 88 valence electrons. The lowest BCUT2D eigenvalue weighted by atomic mass is 10.0. The molecule has 0 spiro atoms. The summed E-state index contributed by atoms with van der Waals surface area (Å²) in [5.74, 6) is 0. The molecule has 0 bridgehead atoms. The Morgan fingerprint density at radius 1 is 1.38 bits per heavy atom. The van der Waals surface area contributed by atoms with E-state index in [1.54, 1.807) is 19.1 Å². The van der Waals surface area contributed by atoms with Gasteiger partial charge in [-0.05, 0) is 40.5 Å². The van der Waals surface area contributed by atoms with Gasteiger partial charge in [0.1, 0.15) is 10.6 Å². The number of rotatable bonds is 3. The van der Waals surface area contributed by atoms with Gasteiger partial charge in [-0.1, -0.05) is 22.0 Å². The molecule has 0 aliphatic carbocycles. The maximum absolute atomic E-state index is 11.5. The number of alkyl halides is 1. The van der Waals surface area contributed by atoms with Crippen LogP contribution in [0, 0.1) is 0 Å². The molecule has 0 fully saturated rings. The highest BCUT2D eigenvalue weighted by Crippen LogP contribution is 2.32. The zero-order valence-corrected chi connectivity index (χ0v) is 12.7. The van der Waals surface area contributed by atoms with Crippen molar-refractivity contribution in [2.24, 2.45) is 0 Å². The predicted octanol–water partition coefficient (Wildman–Crippen LogP) is 2.66. The summed E-state index contributed by atoms with van der Waals surface area (Å²) in [6.45, 7) is 1.66. The number of carbonyl (C=O) groups excluding carboxylic acids is 1. The molecular formula is C10H10Br2O3S. The van der Waals surface area contributed by atoms with Gasteiger partial charge >= 0.3 is 0 Å². The smallest absolute Gasteiger partial charge is 0.176 e. The molecule has 0 aliphatic rings. The summed E-state index contributed by atoms with van der Waals surface area (Å²) in [5.41, 5.74) is 0.603. The van der Waals surface area contributed by atoms with Crippen LogP contribution in [0.5, 0.6) is 0 Å². The second kappa shape index (κ2) is 4.58. The van der Waals surface area contributed by atoms with Gasteiger partial charge in [-0.3, -0.25) is 0 Å². The molecule has 0 amide bonds. The lowest BCUT2D eigenvalue weighted by molar-refractivity contribution is -0.109. The van der Waals surface area contributed by atoms with Crippen molar-refractivity contribution in [3.8, 4) is 0 Å². The van der Waals surface area contributed by atoms with Crippen molar-refractivity contribution in [2.75, 3.05) is 6.26 Å². The second-order valence-electron chi connectivity index (χ2n) is 3.61. The Balaban J connectivity index is 3.46. The van der Waals surface area contributed by atoms with E-state index in [-0.39, 0.29) is 4.90 Å². The molecule has 0 saturated heterocycles. The number of halogens is 2. The molecule has 0 saturated carbocycles. The van der Waals surface area contributed by atoms with Crippen molar-refractivity contribution in [1.82, 2.24) is 0 Å². The molecule has 1 aromatic carbocycles. The van der Waals surface area contributed by atoms with Gasteiger partial charge in [-0.25, -0.2) is 8.42 Å². The summed E-state index contributed by atoms with van der Waals surface area (Å²) in [4.78, 5) is 11.0. The van der Waals surface area contributed by atoms with Gasteiger partial charge in [0.25, 0.3) is 0 Å². The minimum absolute atomic E-state index is 0.178. The average Bonchev–Trinajstić information content (AvgIpc) is 2.16. The van der Waals surface area contributed by atoms with Gasteiger partial charge in [-0.15, -0.1) is 0 Å². The number of benzene rings is 1. The first-order valence-electron chi connectivity index (χ1n) is 4.34. The molecule has 0 radical (unpaired) electrons. The molecule has 6 heteroatoms. The van der Waals surface area contributed by atoms with Gasteiger partial charge in [-0.2, -0.15) is 0 Å². The van der Waals surface area contributed by atoms with Crippen molar-refractivity contribution < 1.29 is 13.2 Å². The Morgan fingerprint density at radius 2 is 1.94 bits per heavy atom. The molecule has 16 heavy (non-hydrogen) atoms. The summed E-state index contributed by atoms with van der Waals surface area (Å²) in [6.07, 6.45) is 1.85. The maximum atomic E-state index is 11.5. The summed E-state index contributed by atoms with van der Waals surface area (Å²) in [5, 5.41) is 0. The van der Waals surface area contributed by atoms with Gasteiger partial charge in [0, 0.05) is 10.7 Å². The number of sulfone groups is 1. The van der Waals surface area contributed by atoms with Crippen molar-refractivity contribution in [2.45, 2.75) is 16.1 Å². The van der Waals surface area contributed by atoms with E-state index in [0.717, 1.165) is 12.5 Å². The van der Waals surface area contributed by atoms with Gasteiger partial charge < -0.3 is 4.79 Å². The Morgan fingerprint density at radius 3 is 2.38 bits per heavy atom. The van der Waals surface area contributed by atoms with Gasteiger partial charge in [0.05, 0.1) is 4.90 Å². The lowest BCUT2D eigenvalue weighted by Gasteiger charge is -2.16. The van der Waals surface area contributed by atoms with Crippen molar-refractivity contribution in [1.29, 1.82) is 0 Å². The highest BCUT2D eigenvalue weighted by Gasteiger charge is 2.24. The Bertz CT molecular complexity index is 521. The third-order valence-corrected chi connectivity index (χ3v) is 4.85. The summed E-state index contributed by atoms with van der Waals surface area (Å²) in [6, 6.07) is 4.80. The number of hydrogen-bond acceptors (Lipinski definition) is 3. The summed E-state index contributed by atoms with van der Waals surface area (Å²) in [7, 11) is -3.31. The molecule has 0 aromatic heterocycles. The topological polar surface area (TPSA) is 51.2 Å². The van der Waals surface area contributed by atoms with E-state index in [1.165, 1.54) is 6.07 Å². The highest BCUT2D eigenvalue weighted by molar-refractivity contribution is 9.10. The zero-order valence-electron chi connectivity index (χ0n) is 8.70. The van der Waals surface area contributed by atoms with E-state index in [9.17, 15) is 13.2 Å². The third kappa shape index (κ3) is 2.93. The maximum Gasteiger partial charge on any atom is 0.176 e. The molecule has 1 rings (SSSR count). The number of hydrogen-bond donors (Lipinski definition) is 0. The zero-order chi connectivity index (χ0) is 12.6. The SMILES string of the molecule is CC(Br)(C=O)c1ccc(Br)c(S(C)(=O)=O)c1. The van der Waals surface area contributed by atoms with E-state index in [2.05, 4.69) is 31.9 Å². The van der Waals surface area contributed by atoms with Crippen LogP contribution in [-0.2, 0) is 19.0 Å². The fourth-order valence-electron chi connectivity index (χ4n) is 1.16. The molecule has 1 unspecified atom stereocenters. The van der Waals surface area contributed by atoms with Crippen LogP contribution in [0.3, 0.4) is 0 Å². The van der Waals surface area contributed by atoms with Crippen LogP contribution in [0.2, 0.25) is 0 Å². The fraction of sp³-hybridized carbons (Fsp3) is 0.300. The number of carbonyl (C=O) groups is 1. The first kappa shape index (κ1) is 13.9. The minimum Gasteiger partial charge on any atom is -0.301 e. The van der Waals surface area contributed by atoms with Crippen LogP contribution >= 0.6 is 31.9 Å². The van der Waals surface area contributed by atoms with E-state index in [4.69, 9.17) is 0 Å². The van der Waals surface area contributed by atoms with Crippen LogP contribution < -0.4 is 0 Å². The Labute approximate surface area is 111 Å². The Hall–Kier alpha value is -0.200. The highest BCUT2D eigenvalue weighted by atomic mass is 79.9. The molecule has 0 N–H and O–H groups in total. The normalized spacial score (nSPS) is 15.5. The first-order valence-corrected chi connectivity index (χ1v) is 7.81. The van der Waals surface area contributed by atoms with Crippen LogP contribution in [0.25, 0.3) is 0 Å². The van der Waals surface area contributed by atoms with Gasteiger partial charge in [0.2, 0.25) is 0 Å². The standard InChI is InChI=1S/C10H10Br2O3S/c1-10(12,6-13)7-3-4-8(11)9(5-7)16(2,14)15/h3-6H,1-2H3. The minimum atomic E-state index is -3.31. The van der Waals surface area contributed by atoms with E-state index >= 15 is 0 Å². The lowest BCUT2D eigenvalue weighted by Crippen LogP contribution is -2.15. The van der Waals surface area contributed by atoms with Crippen LogP contribution in [0.4, 0.5) is 0 Å². The molecule has 1 aromatic rings. The third-order valence-electron chi connectivity index (χ3n) is 2.12. The van der Waals surface area contributed by atoms with Crippen molar-refractivity contribution in [3.63, 3.8) is 0 Å². The van der Waals surface area contributed by atoms with Crippen LogP contribution in [0.15, 0.2) is 27.6 Å².